The van der Waals surface area contributed by atoms with E-state index in [0.717, 1.165) is 6.42 Å². The van der Waals surface area contributed by atoms with E-state index in [9.17, 15) is 4.79 Å². The Labute approximate surface area is 137 Å². The van der Waals surface area contributed by atoms with Crippen molar-refractivity contribution in [1.29, 1.82) is 0 Å². The molecule has 0 fully saturated rings. The Morgan fingerprint density at radius 1 is 0.864 bits per heavy atom. The highest BCUT2D eigenvalue weighted by atomic mass is 16.5. The number of hydrogen-bond acceptors (Lipinski definition) is 2. The molecule has 0 atom stereocenters. The van der Waals surface area contributed by atoms with Crippen molar-refractivity contribution in [2.45, 2.75) is 90.9 Å². The molecule has 0 aliphatic rings. The summed E-state index contributed by atoms with van der Waals surface area (Å²) in [6.45, 7) is 4.09. The van der Waals surface area contributed by atoms with Gasteiger partial charge in [-0.2, -0.15) is 0 Å². The van der Waals surface area contributed by atoms with E-state index in [-0.39, 0.29) is 5.97 Å². The molecule has 0 unspecified atom stereocenters. The van der Waals surface area contributed by atoms with Gasteiger partial charge in [-0.3, -0.25) is 4.79 Å². The Kier molecular flexibility index (Phi) is 16.8. The van der Waals surface area contributed by atoms with Crippen LogP contribution in [0.4, 0.5) is 0 Å². The van der Waals surface area contributed by atoms with Crippen LogP contribution < -0.4 is 0 Å². The number of rotatable bonds is 13. The predicted molar refractivity (Wildman–Crippen MR) is 94.6 cm³/mol. The summed E-state index contributed by atoms with van der Waals surface area (Å²) < 4.78 is 4.81. The van der Waals surface area contributed by atoms with E-state index in [1.165, 1.54) is 71.1 Å². The zero-order valence-corrected chi connectivity index (χ0v) is 14.7. The van der Waals surface area contributed by atoms with Crippen LogP contribution in [0.15, 0.2) is 12.2 Å². The lowest BCUT2D eigenvalue weighted by atomic mass is 10.1. The number of carbonyl (C=O) groups is 1. The molecule has 0 N–H and O–H groups in total. The Bertz CT molecular complexity index is 333. The third kappa shape index (κ3) is 18.8. The van der Waals surface area contributed by atoms with E-state index in [4.69, 9.17) is 4.74 Å². The molecule has 0 spiro atoms. The first-order chi connectivity index (χ1) is 10.8. The highest BCUT2D eigenvalue weighted by Gasteiger charge is 1.91. The average molecular weight is 306 g/mol. The monoisotopic (exact) mass is 306 g/mol. The standard InChI is InChI=1S/C20H34O2/c1-3-4-5-6-7-8-9-10-11-12-13-14-15-16-17-18-19-22-20(2)21/h6-7H,3-5,8-15,18-19H2,1-2H3/b7-6+. The van der Waals surface area contributed by atoms with Gasteiger partial charge in [0.2, 0.25) is 0 Å². The summed E-state index contributed by atoms with van der Waals surface area (Å²) in [6, 6.07) is 0. The van der Waals surface area contributed by atoms with Gasteiger partial charge in [0, 0.05) is 19.8 Å². The summed E-state index contributed by atoms with van der Waals surface area (Å²) in [5, 5.41) is 0. The molecule has 22 heavy (non-hydrogen) atoms. The van der Waals surface area contributed by atoms with Gasteiger partial charge in [-0.25, -0.2) is 0 Å². The van der Waals surface area contributed by atoms with Gasteiger partial charge in [0.05, 0.1) is 0 Å². The van der Waals surface area contributed by atoms with E-state index in [2.05, 4.69) is 30.9 Å². The minimum absolute atomic E-state index is 0.224. The van der Waals surface area contributed by atoms with Crippen molar-refractivity contribution in [2.75, 3.05) is 6.61 Å². The second-order valence-electron chi connectivity index (χ2n) is 5.72. The van der Waals surface area contributed by atoms with Crippen molar-refractivity contribution in [3.05, 3.63) is 12.2 Å². The highest BCUT2D eigenvalue weighted by molar-refractivity contribution is 5.65. The molecule has 0 aliphatic carbocycles. The van der Waals surface area contributed by atoms with Crippen molar-refractivity contribution in [2.24, 2.45) is 0 Å². The Morgan fingerprint density at radius 2 is 1.45 bits per heavy atom. The van der Waals surface area contributed by atoms with Crippen LogP contribution >= 0.6 is 0 Å². The lowest BCUT2D eigenvalue weighted by Crippen LogP contribution is -1.98. The SMILES string of the molecule is CCCC/C=C/CCCCCCCCC#CCCOC(C)=O. The van der Waals surface area contributed by atoms with E-state index < -0.39 is 0 Å². The van der Waals surface area contributed by atoms with Crippen molar-refractivity contribution < 1.29 is 9.53 Å². The fraction of sp³-hybridized carbons (Fsp3) is 0.750. The van der Waals surface area contributed by atoms with Crippen molar-refractivity contribution >= 4 is 5.97 Å². The van der Waals surface area contributed by atoms with E-state index in [1.54, 1.807) is 0 Å². The smallest absolute Gasteiger partial charge is 0.302 e. The largest absolute Gasteiger partial charge is 0.465 e. The van der Waals surface area contributed by atoms with Crippen LogP contribution in [0.2, 0.25) is 0 Å². The van der Waals surface area contributed by atoms with E-state index >= 15 is 0 Å². The first kappa shape index (κ1) is 20.8. The molecule has 0 rings (SSSR count). The molecular weight excluding hydrogens is 272 g/mol. The molecule has 0 amide bonds. The second-order valence-corrected chi connectivity index (χ2v) is 5.72. The van der Waals surface area contributed by atoms with Gasteiger partial charge in [0.15, 0.2) is 0 Å². The fourth-order valence-electron chi connectivity index (χ4n) is 2.16. The Balaban J connectivity index is 3.16. The zero-order valence-electron chi connectivity index (χ0n) is 14.7. The summed E-state index contributed by atoms with van der Waals surface area (Å²) in [7, 11) is 0. The van der Waals surface area contributed by atoms with Gasteiger partial charge in [-0.15, -0.1) is 5.92 Å². The molecule has 0 saturated carbocycles. The third-order valence-corrected chi connectivity index (χ3v) is 3.47. The molecule has 0 saturated heterocycles. The number of esters is 1. The topological polar surface area (TPSA) is 26.3 Å². The fourth-order valence-corrected chi connectivity index (χ4v) is 2.16. The first-order valence-electron chi connectivity index (χ1n) is 9.01. The van der Waals surface area contributed by atoms with Crippen molar-refractivity contribution in [3.63, 3.8) is 0 Å². The highest BCUT2D eigenvalue weighted by Crippen LogP contribution is 2.09. The normalized spacial score (nSPS) is 10.5. The summed E-state index contributed by atoms with van der Waals surface area (Å²) in [5.41, 5.74) is 0. The molecule has 0 aromatic carbocycles. The molecule has 0 aliphatic heterocycles. The van der Waals surface area contributed by atoms with Crippen LogP contribution in [-0.4, -0.2) is 12.6 Å². The molecule has 0 heterocycles. The van der Waals surface area contributed by atoms with Crippen LogP contribution in [0, 0.1) is 11.8 Å². The quantitative estimate of drug-likeness (QED) is 0.186. The van der Waals surface area contributed by atoms with Gasteiger partial charge in [0.25, 0.3) is 0 Å². The zero-order chi connectivity index (χ0) is 16.3. The van der Waals surface area contributed by atoms with Crippen LogP contribution in [0.5, 0.6) is 0 Å². The maximum absolute atomic E-state index is 10.5. The third-order valence-electron chi connectivity index (χ3n) is 3.47. The number of unbranched alkanes of at least 4 members (excludes halogenated alkanes) is 9. The molecule has 126 valence electrons. The first-order valence-corrected chi connectivity index (χ1v) is 9.01. The lowest BCUT2D eigenvalue weighted by molar-refractivity contribution is -0.140. The molecule has 2 nitrogen and oxygen atoms in total. The summed E-state index contributed by atoms with van der Waals surface area (Å²) >= 11 is 0. The van der Waals surface area contributed by atoms with Crippen LogP contribution in [0.25, 0.3) is 0 Å². The van der Waals surface area contributed by atoms with Crippen LogP contribution in [0.3, 0.4) is 0 Å². The molecule has 0 bridgehead atoms. The molecule has 0 aromatic rings. The van der Waals surface area contributed by atoms with E-state index in [0.29, 0.717) is 13.0 Å². The molecule has 2 heteroatoms. The van der Waals surface area contributed by atoms with Crippen molar-refractivity contribution in [3.8, 4) is 11.8 Å². The second kappa shape index (κ2) is 17.8. The maximum Gasteiger partial charge on any atom is 0.302 e. The minimum atomic E-state index is -0.224. The average Bonchev–Trinajstić information content (AvgIpc) is 2.50. The summed E-state index contributed by atoms with van der Waals surface area (Å²) in [5.74, 6) is 5.97. The van der Waals surface area contributed by atoms with Gasteiger partial charge in [-0.05, 0) is 25.7 Å². The maximum atomic E-state index is 10.5. The number of hydrogen-bond donors (Lipinski definition) is 0. The molecule has 0 aromatic heterocycles. The van der Waals surface area contributed by atoms with Crippen LogP contribution in [0.1, 0.15) is 90.9 Å². The van der Waals surface area contributed by atoms with Crippen molar-refractivity contribution in [1.82, 2.24) is 0 Å². The Morgan fingerprint density at radius 3 is 2.14 bits per heavy atom. The van der Waals surface area contributed by atoms with Gasteiger partial charge < -0.3 is 4.74 Å². The Hall–Kier alpha value is -1.23. The number of carbonyl (C=O) groups excluding carboxylic acids is 1. The number of allylic oxidation sites excluding steroid dienone is 2. The molecule has 0 radical (unpaired) electrons. The number of ether oxygens (including phenoxy) is 1. The van der Waals surface area contributed by atoms with Crippen LogP contribution in [-0.2, 0) is 9.53 Å². The minimum Gasteiger partial charge on any atom is -0.465 e. The van der Waals surface area contributed by atoms with E-state index in [1.807, 2.05) is 0 Å². The lowest BCUT2D eigenvalue weighted by Gasteiger charge is -1.99. The molecular formula is C20H34O2. The predicted octanol–water partition coefficient (Wildman–Crippen LogP) is 5.81. The van der Waals surface area contributed by atoms with Gasteiger partial charge in [-0.1, -0.05) is 63.5 Å². The van der Waals surface area contributed by atoms with Gasteiger partial charge in [0.1, 0.15) is 6.61 Å². The van der Waals surface area contributed by atoms with Gasteiger partial charge >= 0.3 is 5.97 Å². The summed E-state index contributed by atoms with van der Waals surface area (Å²) in [4.78, 5) is 10.5. The summed E-state index contributed by atoms with van der Waals surface area (Å²) in [6.07, 6.45) is 19.3.